The van der Waals surface area contributed by atoms with E-state index in [9.17, 15) is 30.4 Å². The van der Waals surface area contributed by atoms with Gasteiger partial charge in [0.25, 0.3) is 5.91 Å². The Morgan fingerprint density at radius 2 is 1.70 bits per heavy atom. The molecule has 2 aromatic rings. The fraction of sp³-hybridized carbons (Fsp3) is 0.235. The fourth-order valence-electron chi connectivity index (χ4n) is 2.77. The highest BCUT2D eigenvalue weighted by molar-refractivity contribution is 7.96. The summed E-state index contributed by atoms with van der Waals surface area (Å²) in [5.74, 6) is -3.36. The van der Waals surface area contributed by atoms with Crippen LogP contribution in [0.4, 0.5) is 14.5 Å². The first kappa shape index (κ1) is 19.4. The van der Waals surface area contributed by atoms with E-state index in [0.29, 0.717) is 0 Å². The van der Waals surface area contributed by atoms with Crippen LogP contribution in [0.3, 0.4) is 0 Å². The van der Waals surface area contributed by atoms with Crippen molar-refractivity contribution in [3.05, 3.63) is 59.7 Å². The predicted octanol–water partition coefficient (Wildman–Crippen LogP) is 2.18. The van der Waals surface area contributed by atoms with E-state index in [1.807, 2.05) is 0 Å². The molecule has 0 aliphatic carbocycles. The van der Waals surface area contributed by atoms with Gasteiger partial charge in [0.1, 0.15) is 0 Å². The zero-order valence-electron chi connectivity index (χ0n) is 13.9. The van der Waals surface area contributed by atoms with Crippen molar-refractivity contribution in [1.82, 2.24) is 0 Å². The van der Waals surface area contributed by atoms with Crippen LogP contribution < -0.4 is 5.32 Å². The summed E-state index contributed by atoms with van der Waals surface area (Å²) in [6.07, 6.45) is 0.0447. The number of hydrogen-bond donors (Lipinski definition) is 1. The summed E-state index contributed by atoms with van der Waals surface area (Å²) in [6, 6.07) is 7.87. The average Bonchev–Trinajstić information content (AvgIpc) is 2.99. The van der Waals surface area contributed by atoms with Crippen LogP contribution in [0.15, 0.2) is 47.4 Å². The highest BCUT2D eigenvalue weighted by Crippen LogP contribution is 2.25. The molecular formula is C17H15F2NO5S2. The number of carbonyl (C=O) groups is 1. The number of rotatable bonds is 4. The van der Waals surface area contributed by atoms with E-state index in [2.05, 4.69) is 5.32 Å². The summed E-state index contributed by atoms with van der Waals surface area (Å²) in [5, 5.41) is 1.38. The topological polar surface area (TPSA) is 97.4 Å². The van der Waals surface area contributed by atoms with Gasteiger partial charge < -0.3 is 5.32 Å². The van der Waals surface area contributed by atoms with Crippen molar-refractivity contribution in [3.63, 3.8) is 0 Å². The summed E-state index contributed by atoms with van der Waals surface area (Å²) in [6.45, 7) is 0. The van der Waals surface area contributed by atoms with Gasteiger partial charge in [0, 0.05) is 17.3 Å². The Bertz CT molecular complexity index is 1100. The smallest absolute Gasteiger partial charge is 0.255 e. The molecule has 10 heteroatoms. The number of hydrogen-bond acceptors (Lipinski definition) is 5. The van der Waals surface area contributed by atoms with Gasteiger partial charge in [-0.05, 0) is 42.8 Å². The Balaban J connectivity index is 1.76. The summed E-state index contributed by atoms with van der Waals surface area (Å²) in [4.78, 5) is 12.1. The highest BCUT2D eigenvalue weighted by Gasteiger charge is 2.37. The molecule has 27 heavy (non-hydrogen) atoms. The summed E-state index contributed by atoms with van der Waals surface area (Å²) < 4.78 is 74.2. The van der Waals surface area contributed by atoms with Crippen molar-refractivity contribution in [1.29, 1.82) is 0 Å². The summed E-state index contributed by atoms with van der Waals surface area (Å²) in [5.41, 5.74) is 0.157. The van der Waals surface area contributed by atoms with E-state index in [-0.39, 0.29) is 28.3 Å². The van der Waals surface area contributed by atoms with E-state index in [4.69, 9.17) is 0 Å². The monoisotopic (exact) mass is 415 g/mol. The minimum absolute atomic E-state index is 0.0447. The lowest BCUT2D eigenvalue weighted by Gasteiger charge is -2.11. The minimum atomic E-state index is -3.82. The van der Waals surface area contributed by atoms with Crippen LogP contribution in [0.1, 0.15) is 16.8 Å². The molecule has 1 amide bonds. The second-order valence-corrected chi connectivity index (χ2v) is 10.6. The molecule has 6 nitrogen and oxygen atoms in total. The van der Waals surface area contributed by atoms with Gasteiger partial charge in [0.15, 0.2) is 31.3 Å². The third-order valence-electron chi connectivity index (χ3n) is 4.25. The second kappa shape index (κ2) is 7.01. The fourth-order valence-corrected chi connectivity index (χ4v) is 7.13. The van der Waals surface area contributed by atoms with Crippen LogP contribution in [-0.2, 0) is 19.7 Å². The lowest BCUT2D eigenvalue weighted by molar-refractivity contribution is 0.102. The minimum Gasteiger partial charge on any atom is -0.322 e. The molecular weight excluding hydrogens is 400 g/mol. The van der Waals surface area contributed by atoms with Gasteiger partial charge in [0.05, 0.1) is 21.7 Å². The number of anilines is 1. The third kappa shape index (κ3) is 4.16. The molecule has 0 aromatic heterocycles. The molecule has 3 rings (SSSR count). The largest absolute Gasteiger partial charge is 0.322 e. The van der Waals surface area contributed by atoms with Crippen molar-refractivity contribution in [2.45, 2.75) is 16.6 Å². The lowest BCUT2D eigenvalue weighted by atomic mass is 10.2. The van der Waals surface area contributed by atoms with Crippen molar-refractivity contribution in [3.8, 4) is 0 Å². The van der Waals surface area contributed by atoms with Gasteiger partial charge in [-0.2, -0.15) is 0 Å². The normalized spacial score (nSPS) is 19.0. The molecule has 1 unspecified atom stereocenters. The quantitative estimate of drug-likeness (QED) is 0.826. The molecule has 1 saturated heterocycles. The number of nitrogens with one attached hydrogen (secondary N) is 1. The van der Waals surface area contributed by atoms with E-state index in [0.717, 1.165) is 12.1 Å². The number of halogens is 2. The van der Waals surface area contributed by atoms with Crippen LogP contribution in [0.5, 0.6) is 0 Å². The van der Waals surface area contributed by atoms with Gasteiger partial charge in [-0.3, -0.25) is 4.79 Å². The van der Waals surface area contributed by atoms with Crippen LogP contribution in [0, 0.1) is 11.6 Å². The molecule has 0 spiro atoms. The molecule has 0 saturated carbocycles. The van der Waals surface area contributed by atoms with Gasteiger partial charge >= 0.3 is 0 Å². The maximum absolute atomic E-state index is 13.2. The lowest BCUT2D eigenvalue weighted by Crippen LogP contribution is -2.22. The first-order valence-electron chi connectivity index (χ1n) is 7.89. The number of benzene rings is 2. The molecule has 1 N–H and O–H groups in total. The van der Waals surface area contributed by atoms with Gasteiger partial charge in [0.2, 0.25) is 0 Å². The summed E-state index contributed by atoms with van der Waals surface area (Å²) >= 11 is 0. The Morgan fingerprint density at radius 1 is 1.04 bits per heavy atom. The molecule has 1 heterocycles. The van der Waals surface area contributed by atoms with Crippen molar-refractivity contribution >= 4 is 31.3 Å². The maximum Gasteiger partial charge on any atom is 0.255 e. The molecule has 1 fully saturated rings. The van der Waals surface area contributed by atoms with E-state index < -0.39 is 48.2 Å². The van der Waals surface area contributed by atoms with Crippen LogP contribution >= 0.6 is 0 Å². The van der Waals surface area contributed by atoms with Crippen LogP contribution in [0.2, 0.25) is 0 Å². The zero-order valence-corrected chi connectivity index (χ0v) is 15.5. The average molecular weight is 415 g/mol. The molecule has 144 valence electrons. The van der Waals surface area contributed by atoms with E-state index in [1.165, 1.54) is 30.3 Å². The highest BCUT2D eigenvalue weighted by atomic mass is 32.2. The molecule has 1 atom stereocenters. The predicted molar refractivity (Wildman–Crippen MR) is 95.0 cm³/mol. The Morgan fingerprint density at radius 3 is 2.26 bits per heavy atom. The van der Waals surface area contributed by atoms with E-state index >= 15 is 0 Å². The second-order valence-electron chi connectivity index (χ2n) is 6.18. The van der Waals surface area contributed by atoms with Gasteiger partial charge in [-0.15, -0.1) is 0 Å². The first-order valence-corrected chi connectivity index (χ1v) is 11.3. The SMILES string of the molecule is O=C(Nc1ccc(F)c(F)c1)c1ccc(S(=O)(=O)C2CCS(=O)(=O)C2)cc1. The first-order chi connectivity index (χ1) is 12.6. The number of sulfone groups is 2. The summed E-state index contributed by atoms with van der Waals surface area (Å²) in [7, 11) is -7.17. The van der Waals surface area contributed by atoms with Crippen molar-refractivity contribution < 1.29 is 30.4 Å². The third-order valence-corrected chi connectivity index (χ3v) is 8.44. The number of amides is 1. The zero-order chi connectivity index (χ0) is 19.8. The molecule has 1 aliphatic heterocycles. The van der Waals surface area contributed by atoms with Crippen LogP contribution in [-0.4, -0.2) is 39.5 Å². The number of carbonyl (C=O) groups excluding carboxylic acids is 1. The maximum atomic E-state index is 13.2. The van der Waals surface area contributed by atoms with Crippen molar-refractivity contribution in [2.24, 2.45) is 0 Å². The molecule has 1 aliphatic rings. The van der Waals surface area contributed by atoms with E-state index in [1.54, 1.807) is 0 Å². The molecule has 2 aromatic carbocycles. The van der Waals surface area contributed by atoms with Gasteiger partial charge in [-0.25, -0.2) is 25.6 Å². The van der Waals surface area contributed by atoms with Crippen molar-refractivity contribution in [2.75, 3.05) is 16.8 Å². The Labute approximate surface area is 155 Å². The Kier molecular flexibility index (Phi) is 5.04. The molecule has 0 radical (unpaired) electrons. The Hall–Kier alpha value is -2.33. The molecule has 0 bridgehead atoms. The van der Waals surface area contributed by atoms with Crippen LogP contribution in [0.25, 0.3) is 0 Å². The van der Waals surface area contributed by atoms with Gasteiger partial charge in [-0.1, -0.05) is 0 Å². The standard InChI is InChI=1S/C17H15F2NO5S2/c18-15-6-3-12(9-16(15)19)20-17(21)11-1-4-13(5-2-11)27(24,25)14-7-8-26(22,23)10-14/h1-6,9,14H,7-8,10H2,(H,20,21).